The summed E-state index contributed by atoms with van der Waals surface area (Å²) < 4.78 is 11.3. The average Bonchev–Trinajstić information content (AvgIpc) is 2.83. The molecule has 0 unspecified atom stereocenters. The van der Waals surface area contributed by atoms with Gasteiger partial charge >= 0.3 is 0 Å². The maximum absolute atomic E-state index is 6.27. The fourth-order valence-corrected chi connectivity index (χ4v) is 3.09. The van der Waals surface area contributed by atoms with E-state index < -0.39 is 0 Å². The van der Waals surface area contributed by atoms with Gasteiger partial charge in [0.05, 0.1) is 18.2 Å². The number of hydrogen-bond acceptors (Lipinski definition) is 4. The Labute approximate surface area is 127 Å². The van der Waals surface area contributed by atoms with Gasteiger partial charge in [0.15, 0.2) is 11.5 Å². The van der Waals surface area contributed by atoms with Gasteiger partial charge in [-0.15, -0.1) is 0 Å². The highest BCUT2D eigenvalue weighted by Gasteiger charge is 2.15. The molecule has 2 heterocycles. The van der Waals surface area contributed by atoms with Crippen LogP contribution in [0.1, 0.15) is 17.5 Å². The van der Waals surface area contributed by atoms with Crippen molar-refractivity contribution >= 4 is 22.9 Å². The highest BCUT2D eigenvalue weighted by atomic mass is 35.5. The normalized spacial score (nSPS) is 14.1. The summed E-state index contributed by atoms with van der Waals surface area (Å²) in [6.45, 7) is 2.94. The van der Waals surface area contributed by atoms with Crippen LogP contribution in [0.15, 0.2) is 29.0 Å². The zero-order valence-corrected chi connectivity index (χ0v) is 12.6. The number of ether oxygens (including phenoxy) is 2. The summed E-state index contributed by atoms with van der Waals surface area (Å²) >= 11 is 7.98. The maximum atomic E-state index is 6.27. The molecule has 106 valence electrons. The summed E-state index contributed by atoms with van der Waals surface area (Å²) in [5, 5.41) is 8.26. The van der Waals surface area contributed by atoms with Crippen LogP contribution in [0.25, 0.3) is 0 Å². The van der Waals surface area contributed by atoms with E-state index in [4.69, 9.17) is 21.1 Å². The van der Waals surface area contributed by atoms with Crippen LogP contribution in [-0.2, 0) is 13.1 Å². The first-order valence-corrected chi connectivity index (χ1v) is 7.95. The van der Waals surface area contributed by atoms with Crippen LogP contribution < -0.4 is 14.8 Å². The Hall–Kier alpha value is -1.23. The van der Waals surface area contributed by atoms with Crippen LogP contribution in [0.2, 0.25) is 5.02 Å². The highest BCUT2D eigenvalue weighted by Crippen LogP contribution is 2.37. The van der Waals surface area contributed by atoms with Crippen molar-refractivity contribution in [2.75, 3.05) is 13.2 Å². The Bertz CT molecular complexity index is 572. The fraction of sp³-hybridized carbons (Fsp3) is 0.333. The molecule has 0 saturated carbocycles. The minimum atomic E-state index is 0.622. The maximum Gasteiger partial charge on any atom is 0.179 e. The zero-order valence-electron chi connectivity index (χ0n) is 11.0. The molecule has 1 aliphatic rings. The van der Waals surface area contributed by atoms with E-state index in [2.05, 4.69) is 22.1 Å². The van der Waals surface area contributed by atoms with Gasteiger partial charge in [-0.2, -0.15) is 11.3 Å². The van der Waals surface area contributed by atoms with Crippen molar-refractivity contribution in [2.45, 2.75) is 19.5 Å². The molecule has 0 amide bonds. The van der Waals surface area contributed by atoms with Crippen molar-refractivity contribution < 1.29 is 9.47 Å². The molecule has 3 rings (SSSR count). The molecule has 3 nitrogen and oxygen atoms in total. The van der Waals surface area contributed by atoms with Gasteiger partial charge in [-0.1, -0.05) is 11.6 Å². The molecule has 0 saturated heterocycles. The van der Waals surface area contributed by atoms with Gasteiger partial charge in [-0.05, 0) is 40.1 Å². The van der Waals surface area contributed by atoms with Crippen molar-refractivity contribution in [3.8, 4) is 11.5 Å². The van der Waals surface area contributed by atoms with Gasteiger partial charge in [0.1, 0.15) is 0 Å². The first kappa shape index (κ1) is 13.7. The van der Waals surface area contributed by atoms with Gasteiger partial charge in [-0.3, -0.25) is 0 Å². The van der Waals surface area contributed by atoms with Crippen LogP contribution in [-0.4, -0.2) is 13.2 Å². The van der Waals surface area contributed by atoms with E-state index in [1.165, 1.54) is 5.56 Å². The molecule has 1 aromatic carbocycles. The Morgan fingerprint density at radius 3 is 2.85 bits per heavy atom. The van der Waals surface area contributed by atoms with Crippen molar-refractivity contribution in [2.24, 2.45) is 0 Å². The Balaban J connectivity index is 1.67. The predicted octanol–water partition coefficient (Wildman–Crippen LogP) is 3.85. The first-order valence-electron chi connectivity index (χ1n) is 6.63. The third-order valence-corrected chi connectivity index (χ3v) is 4.11. The monoisotopic (exact) mass is 309 g/mol. The standard InChI is InChI=1S/C15H16ClNO2S/c16-13-6-12(9-17-8-11-2-5-20-10-11)7-14-15(13)19-4-1-3-18-14/h2,5-7,10,17H,1,3-4,8-9H2. The van der Waals surface area contributed by atoms with E-state index in [0.29, 0.717) is 24.0 Å². The van der Waals surface area contributed by atoms with E-state index >= 15 is 0 Å². The second-order valence-electron chi connectivity index (χ2n) is 4.69. The van der Waals surface area contributed by atoms with Gasteiger partial charge < -0.3 is 14.8 Å². The molecule has 1 aliphatic heterocycles. The molecule has 0 spiro atoms. The van der Waals surface area contributed by atoms with E-state index in [9.17, 15) is 0 Å². The van der Waals surface area contributed by atoms with Gasteiger partial charge in [-0.25, -0.2) is 0 Å². The van der Waals surface area contributed by atoms with Crippen molar-refractivity contribution in [1.82, 2.24) is 5.32 Å². The number of hydrogen-bond donors (Lipinski definition) is 1. The number of thiophene rings is 1. The van der Waals surface area contributed by atoms with Crippen LogP contribution in [0, 0.1) is 0 Å². The molecule has 0 aliphatic carbocycles. The smallest absolute Gasteiger partial charge is 0.179 e. The number of fused-ring (bicyclic) bond motifs is 1. The molecule has 20 heavy (non-hydrogen) atoms. The average molecular weight is 310 g/mol. The van der Waals surface area contributed by atoms with Crippen molar-refractivity contribution in [1.29, 1.82) is 0 Å². The lowest BCUT2D eigenvalue weighted by Crippen LogP contribution is -2.12. The van der Waals surface area contributed by atoms with E-state index in [1.54, 1.807) is 11.3 Å². The zero-order chi connectivity index (χ0) is 13.8. The summed E-state index contributed by atoms with van der Waals surface area (Å²) in [4.78, 5) is 0. The van der Waals surface area contributed by atoms with E-state index in [1.807, 2.05) is 12.1 Å². The van der Waals surface area contributed by atoms with Crippen LogP contribution in [0.4, 0.5) is 0 Å². The minimum absolute atomic E-state index is 0.622. The summed E-state index contributed by atoms with van der Waals surface area (Å²) in [5.41, 5.74) is 2.41. The largest absolute Gasteiger partial charge is 0.489 e. The van der Waals surface area contributed by atoms with E-state index in [0.717, 1.165) is 30.8 Å². The summed E-state index contributed by atoms with van der Waals surface area (Å²) in [7, 11) is 0. The minimum Gasteiger partial charge on any atom is -0.489 e. The number of nitrogens with one attached hydrogen (secondary N) is 1. The quantitative estimate of drug-likeness (QED) is 0.930. The lowest BCUT2D eigenvalue weighted by atomic mass is 10.2. The molecular formula is C15H16ClNO2S. The van der Waals surface area contributed by atoms with Crippen LogP contribution in [0.3, 0.4) is 0 Å². The topological polar surface area (TPSA) is 30.5 Å². The van der Waals surface area contributed by atoms with Crippen molar-refractivity contribution in [3.05, 3.63) is 45.1 Å². The van der Waals surface area contributed by atoms with Gasteiger partial charge in [0, 0.05) is 19.5 Å². The molecule has 0 fully saturated rings. The van der Waals surface area contributed by atoms with Crippen LogP contribution >= 0.6 is 22.9 Å². The second-order valence-corrected chi connectivity index (χ2v) is 5.88. The molecule has 1 aromatic heterocycles. The molecule has 5 heteroatoms. The Kier molecular flexibility index (Phi) is 4.45. The molecule has 0 radical (unpaired) electrons. The molecule has 0 bridgehead atoms. The predicted molar refractivity (Wildman–Crippen MR) is 81.9 cm³/mol. The molecular weight excluding hydrogens is 294 g/mol. The van der Waals surface area contributed by atoms with Gasteiger partial charge in [0.2, 0.25) is 0 Å². The fourth-order valence-electron chi connectivity index (χ4n) is 2.13. The summed E-state index contributed by atoms with van der Waals surface area (Å²) in [6.07, 6.45) is 0.886. The Morgan fingerprint density at radius 2 is 2.00 bits per heavy atom. The number of halogens is 1. The molecule has 1 N–H and O–H groups in total. The second kappa shape index (κ2) is 6.48. The van der Waals surface area contributed by atoms with Gasteiger partial charge in [0.25, 0.3) is 0 Å². The Morgan fingerprint density at radius 1 is 1.15 bits per heavy atom. The lowest BCUT2D eigenvalue weighted by molar-refractivity contribution is 0.297. The first-order chi connectivity index (χ1) is 9.83. The number of benzene rings is 1. The summed E-state index contributed by atoms with van der Waals surface area (Å²) in [6, 6.07) is 6.07. The summed E-state index contributed by atoms with van der Waals surface area (Å²) in [5.74, 6) is 1.42. The third kappa shape index (κ3) is 3.26. The molecule has 0 atom stereocenters. The highest BCUT2D eigenvalue weighted by molar-refractivity contribution is 7.07. The van der Waals surface area contributed by atoms with E-state index in [-0.39, 0.29) is 0 Å². The van der Waals surface area contributed by atoms with Crippen molar-refractivity contribution in [3.63, 3.8) is 0 Å². The van der Waals surface area contributed by atoms with Crippen LogP contribution in [0.5, 0.6) is 11.5 Å². The molecule has 2 aromatic rings. The lowest BCUT2D eigenvalue weighted by Gasteiger charge is -2.12. The number of rotatable bonds is 4. The SMILES string of the molecule is Clc1cc(CNCc2ccsc2)cc2c1OCCCO2. The third-order valence-electron chi connectivity index (χ3n) is 3.10.